The molecule has 0 amide bonds. The SMILES string of the molecule is Cc1cnc2c(c1)nc(-c1ccccc1)n2CCOCCN. The van der Waals surface area contributed by atoms with Crippen molar-refractivity contribution in [2.24, 2.45) is 5.73 Å². The van der Waals surface area contributed by atoms with Crippen LogP contribution in [0.15, 0.2) is 42.6 Å². The van der Waals surface area contributed by atoms with Crippen molar-refractivity contribution in [1.82, 2.24) is 14.5 Å². The summed E-state index contributed by atoms with van der Waals surface area (Å²) in [6, 6.07) is 12.2. The molecule has 0 spiro atoms. The number of ether oxygens (including phenoxy) is 1. The van der Waals surface area contributed by atoms with Gasteiger partial charge >= 0.3 is 0 Å². The molecular formula is C17H20N4O. The molecule has 0 aliphatic rings. The largest absolute Gasteiger partial charge is 0.378 e. The van der Waals surface area contributed by atoms with Crippen molar-refractivity contribution < 1.29 is 4.74 Å². The first-order valence-electron chi connectivity index (χ1n) is 7.45. The minimum absolute atomic E-state index is 0.535. The van der Waals surface area contributed by atoms with Crippen LogP contribution in [0.25, 0.3) is 22.6 Å². The number of benzene rings is 1. The number of nitrogens with zero attached hydrogens (tertiary/aromatic N) is 3. The van der Waals surface area contributed by atoms with E-state index < -0.39 is 0 Å². The fraction of sp³-hybridized carbons (Fsp3) is 0.294. The highest BCUT2D eigenvalue weighted by Gasteiger charge is 2.13. The summed E-state index contributed by atoms with van der Waals surface area (Å²) in [6.07, 6.45) is 1.87. The van der Waals surface area contributed by atoms with E-state index in [1.807, 2.05) is 31.3 Å². The second kappa shape index (κ2) is 6.68. The summed E-state index contributed by atoms with van der Waals surface area (Å²) in [6.45, 7) is 4.43. The van der Waals surface area contributed by atoms with Gasteiger partial charge < -0.3 is 15.0 Å². The lowest BCUT2D eigenvalue weighted by molar-refractivity contribution is 0.134. The first kappa shape index (κ1) is 14.7. The van der Waals surface area contributed by atoms with Crippen molar-refractivity contribution in [1.29, 1.82) is 0 Å². The molecule has 0 fully saturated rings. The molecule has 114 valence electrons. The maximum atomic E-state index is 5.52. The van der Waals surface area contributed by atoms with E-state index in [0.717, 1.165) is 28.1 Å². The number of pyridine rings is 1. The zero-order valence-electron chi connectivity index (χ0n) is 12.7. The van der Waals surface area contributed by atoms with Crippen LogP contribution < -0.4 is 5.73 Å². The van der Waals surface area contributed by atoms with E-state index in [4.69, 9.17) is 15.5 Å². The highest BCUT2D eigenvalue weighted by atomic mass is 16.5. The highest BCUT2D eigenvalue weighted by Crippen LogP contribution is 2.23. The third-order valence-corrected chi connectivity index (χ3v) is 3.48. The van der Waals surface area contributed by atoms with Crippen LogP contribution in [-0.2, 0) is 11.3 Å². The summed E-state index contributed by atoms with van der Waals surface area (Å²) in [5.74, 6) is 0.921. The first-order valence-corrected chi connectivity index (χ1v) is 7.45. The fourth-order valence-corrected chi connectivity index (χ4v) is 2.47. The fourth-order valence-electron chi connectivity index (χ4n) is 2.47. The number of aryl methyl sites for hydroxylation is 1. The monoisotopic (exact) mass is 296 g/mol. The van der Waals surface area contributed by atoms with E-state index in [1.165, 1.54) is 0 Å². The van der Waals surface area contributed by atoms with Gasteiger partial charge in [-0.2, -0.15) is 0 Å². The van der Waals surface area contributed by atoms with Crippen molar-refractivity contribution in [2.75, 3.05) is 19.8 Å². The lowest BCUT2D eigenvalue weighted by Crippen LogP contribution is -2.13. The van der Waals surface area contributed by atoms with E-state index in [1.54, 1.807) is 0 Å². The van der Waals surface area contributed by atoms with Crippen LogP contribution in [0.5, 0.6) is 0 Å². The van der Waals surface area contributed by atoms with E-state index in [-0.39, 0.29) is 0 Å². The van der Waals surface area contributed by atoms with Crippen LogP contribution in [0.4, 0.5) is 0 Å². The number of hydrogen-bond acceptors (Lipinski definition) is 4. The van der Waals surface area contributed by atoms with Crippen LogP contribution >= 0.6 is 0 Å². The Labute approximate surface area is 129 Å². The standard InChI is InChI=1S/C17H20N4O/c1-13-11-15-17(19-12-13)21(8-10-22-9-7-18)16(20-15)14-5-3-2-4-6-14/h2-6,11-12H,7-10,18H2,1H3. The topological polar surface area (TPSA) is 66.0 Å². The molecule has 22 heavy (non-hydrogen) atoms. The molecule has 0 aliphatic heterocycles. The second-order valence-corrected chi connectivity index (χ2v) is 5.21. The predicted octanol–water partition coefficient (Wildman–Crippen LogP) is 2.38. The Hall–Kier alpha value is -2.24. The molecule has 0 saturated heterocycles. The molecule has 5 nitrogen and oxygen atoms in total. The molecule has 0 unspecified atom stereocenters. The van der Waals surface area contributed by atoms with Gasteiger partial charge in [-0.3, -0.25) is 0 Å². The smallest absolute Gasteiger partial charge is 0.160 e. The molecule has 0 bridgehead atoms. The van der Waals surface area contributed by atoms with Gasteiger partial charge in [0, 0.05) is 24.8 Å². The van der Waals surface area contributed by atoms with Gasteiger partial charge in [-0.1, -0.05) is 30.3 Å². The molecule has 2 aromatic heterocycles. The number of nitrogens with two attached hydrogens (primary N) is 1. The molecule has 0 saturated carbocycles. The number of rotatable bonds is 6. The van der Waals surface area contributed by atoms with Crippen molar-refractivity contribution in [3.8, 4) is 11.4 Å². The van der Waals surface area contributed by atoms with E-state index in [2.05, 4.69) is 27.8 Å². The summed E-state index contributed by atoms with van der Waals surface area (Å²) >= 11 is 0. The number of hydrogen-bond donors (Lipinski definition) is 1. The molecule has 3 rings (SSSR count). The first-order chi connectivity index (χ1) is 10.8. The van der Waals surface area contributed by atoms with Gasteiger partial charge in [0.1, 0.15) is 11.3 Å². The average Bonchev–Trinajstić information content (AvgIpc) is 2.90. The molecule has 0 radical (unpaired) electrons. The maximum Gasteiger partial charge on any atom is 0.160 e. The van der Waals surface area contributed by atoms with Crippen molar-refractivity contribution in [2.45, 2.75) is 13.5 Å². The molecule has 5 heteroatoms. The average molecular weight is 296 g/mol. The quantitative estimate of drug-likeness (QED) is 0.709. The summed E-state index contributed by atoms with van der Waals surface area (Å²) in [7, 11) is 0. The predicted molar refractivity (Wildman–Crippen MR) is 87.6 cm³/mol. The summed E-state index contributed by atoms with van der Waals surface area (Å²) in [5, 5.41) is 0. The van der Waals surface area contributed by atoms with Gasteiger partial charge in [0.2, 0.25) is 0 Å². The van der Waals surface area contributed by atoms with E-state index in [0.29, 0.717) is 26.3 Å². The molecule has 2 heterocycles. The Morgan fingerprint density at radius 3 is 2.77 bits per heavy atom. The van der Waals surface area contributed by atoms with Crippen molar-refractivity contribution >= 4 is 11.2 Å². The summed E-state index contributed by atoms with van der Waals surface area (Å²) in [5.41, 5.74) is 9.45. The Morgan fingerprint density at radius 1 is 1.18 bits per heavy atom. The Balaban J connectivity index is 2.01. The number of aromatic nitrogens is 3. The van der Waals surface area contributed by atoms with E-state index in [9.17, 15) is 0 Å². The number of imidazole rings is 1. The maximum absolute atomic E-state index is 5.52. The molecule has 0 aliphatic carbocycles. The Bertz CT molecular complexity index is 752. The van der Waals surface area contributed by atoms with Crippen molar-refractivity contribution in [3.05, 3.63) is 48.2 Å². The van der Waals surface area contributed by atoms with Gasteiger partial charge in [-0.05, 0) is 18.6 Å². The highest BCUT2D eigenvalue weighted by molar-refractivity contribution is 5.77. The molecule has 1 aromatic carbocycles. The van der Waals surface area contributed by atoms with Crippen molar-refractivity contribution in [3.63, 3.8) is 0 Å². The summed E-state index contributed by atoms with van der Waals surface area (Å²) < 4.78 is 7.63. The van der Waals surface area contributed by atoms with Gasteiger partial charge in [-0.15, -0.1) is 0 Å². The zero-order valence-corrected chi connectivity index (χ0v) is 12.7. The van der Waals surface area contributed by atoms with Crippen LogP contribution in [0.2, 0.25) is 0 Å². The van der Waals surface area contributed by atoms with Gasteiger partial charge in [0.15, 0.2) is 5.65 Å². The normalized spacial score (nSPS) is 11.2. The lowest BCUT2D eigenvalue weighted by Gasteiger charge is -2.09. The molecule has 3 aromatic rings. The summed E-state index contributed by atoms with van der Waals surface area (Å²) in [4.78, 5) is 9.31. The van der Waals surface area contributed by atoms with Gasteiger partial charge in [0.25, 0.3) is 0 Å². The zero-order chi connectivity index (χ0) is 15.4. The number of fused-ring (bicyclic) bond motifs is 1. The lowest BCUT2D eigenvalue weighted by atomic mass is 10.2. The third-order valence-electron chi connectivity index (χ3n) is 3.48. The van der Waals surface area contributed by atoms with E-state index >= 15 is 0 Å². The van der Waals surface area contributed by atoms with Crippen LogP contribution in [0.3, 0.4) is 0 Å². The molecular weight excluding hydrogens is 276 g/mol. The second-order valence-electron chi connectivity index (χ2n) is 5.21. The third kappa shape index (κ3) is 3.00. The van der Waals surface area contributed by atoms with Gasteiger partial charge in [0.05, 0.1) is 13.2 Å². The van der Waals surface area contributed by atoms with Crippen LogP contribution in [0, 0.1) is 6.92 Å². The molecule has 0 atom stereocenters. The molecule has 2 N–H and O–H groups in total. The minimum Gasteiger partial charge on any atom is -0.378 e. The Kier molecular flexibility index (Phi) is 4.46. The van der Waals surface area contributed by atoms with Crippen LogP contribution in [-0.4, -0.2) is 34.3 Å². The Morgan fingerprint density at radius 2 is 2.00 bits per heavy atom. The minimum atomic E-state index is 0.535. The van der Waals surface area contributed by atoms with Gasteiger partial charge in [-0.25, -0.2) is 9.97 Å². The van der Waals surface area contributed by atoms with Crippen LogP contribution in [0.1, 0.15) is 5.56 Å².